The van der Waals surface area contributed by atoms with Gasteiger partial charge in [0.1, 0.15) is 11.6 Å². The number of hydrogen-bond donors (Lipinski definition) is 2. The van der Waals surface area contributed by atoms with Gasteiger partial charge < -0.3 is 15.2 Å². The van der Waals surface area contributed by atoms with Crippen LogP contribution in [0.15, 0.2) is 4.79 Å². The fourth-order valence-electron chi connectivity index (χ4n) is 4.38. The van der Waals surface area contributed by atoms with Gasteiger partial charge >= 0.3 is 0 Å². The van der Waals surface area contributed by atoms with Gasteiger partial charge in [-0.2, -0.15) is 5.26 Å². The van der Waals surface area contributed by atoms with Crippen LogP contribution < -0.4 is 10.9 Å². The minimum Gasteiger partial charge on any atom is -0.343 e. The highest BCUT2D eigenvalue weighted by molar-refractivity contribution is 5.85. The second kappa shape index (κ2) is 8.24. The second-order valence-electron chi connectivity index (χ2n) is 7.44. The van der Waals surface area contributed by atoms with Crippen molar-refractivity contribution in [2.45, 2.75) is 70.5 Å². The van der Waals surface area contributed by atoms with E-state index >= 15 is 0 Å². The van der Waals surface area contributed by atoms with Gasteiger partial charge in [-0.25, -0.2) is 0 Å². The number of carbonyl (C=O) groups is 1. The summed E-state index contributed by atoms with van der Waals surface area (Å²) in [7, 11) is 1.91. The summed E-state index contributed by atoms with van der Waals surface area (Å²) in [6.45, 7) is 3.61. The van der Waals surface area contributed by atoms with Gasteiger partial charge in [0.25, 0.3) is 5.56 Å². The highest BCUT2D eigenvalue weighted by Crippen LogP contribution is 2.29. The molecule has 1 aromatic rings. The number of piperidine rings is 1. The van der Waals surface area contributed by atoms with Crippen molar-refractivity contribution in [3.63, 3.8) is 0 Å². The number of rotatable bonds is 4. The average molecular weight is 379 g/mol. The van der Waals surface area contributed by atoms with E-state index in [4.69, 9.17) is 5.26 Å². The van der Waals surface area contributed by atoms with Crippen LogP contribution in [0.2, 0.25) is 0 Å². The van der Waals surface area contributed by atoms with Gasteiger partial charge in [-0.1, -0.05) is 0 Å². The van der Waals surface area contributed by atoms with E-state index in [1.54, 1.807) is 6.92 Å². The van der Waals surface area contributed by atoms with Crippen LogP contribution in [0, 0.1) is 25.2 Å². The molecule has 2 saturated heterocycles. The summed E-state index contributed by atoms with van der Waals surface area (Å²) in [5.74, 6) is 0.134. The Morgan fingerprint density at radius 1 is 1.27 bits per heavy atom. The van der Waals surface area contributed by atoms with Crippen LogP contribution >= 0.6 is 12.4 Å². The lowest BCUT2D eigenvalue weighted by Gasteiger charge is -2.35. The van der Waals surface area contributed by atoms with Crippen molar-refractivity contribution in [2.75, 3.05) is 7.05 Å². The molecule has 0 aliphatic carbocycles. The quantitative estimate of drug-likeness (QED) is 0.838. The van der Waals surface area contributed by atoms with Crippen molar-refractivity contribution < 1.29 is 4.79 Å². The number of aromatic amines is 1. The standard InChI is InChI=1S/C19H26N4O2.ClH/c1-11-16(12(2)21-19(25)17(11)10-20)6-7-18(24)23(3)15-8-13-4-5-14(9-15)22-13;/h13-15,22H,4-9H2,1-3H3,(H,21,25);1H. The second-order valence-corrected chi connectivity index (χ2v) is 7.44. The predicted octanol–water partition coefficient (Wildman–Crippen LogP) is 1.96. The molecule has 1 aromatic heterocycles. The minimum atomic E-state index is -0.352. The summed E-state index contributed by atoms with van der Waals surface area (Å²) >= 11 is 0. The number of carbonyl (C=O) groups excluding carboxylic acids is 1. The highest BCUT2D eigenvalue weighted by atomic mass is 35.5. The third-order valence-corrected chi connectivity index (χ3v) is 5.90. The molecule has 3 rings (SSSR count). The lowest BCUT2D eigenvalue weighted by Crippen LogP contribution is -2.48. The third kappa shape index (κ3) is 3.94. The highest BCUT2D eigenvalue weighted by Gasteiger charge is 2.36. The molecule has 2 fully saturated rings. The number of aryl methyl sites for hydroxylation is 1. The Morgan fingerprint density at radius 2 is 1.88 bits per heavy atom. The molecule has 2 unspecified atom stereocenters. The van der Waals surface area contributed by atoms with E-state index in [-0.39, 0.29) is 29.4 Å². The van der Waals surface area contributed by atoms with Crippen LogP contribution in [0.5, 0.6) is 0 Å². The van der Waals surface area contributed by atoms with Crippen molar-refractivity contribution in [1.29, 1.82) is 5.26 Å². The number of H-pyrrole nitrogens is 1. The molecule has 2 bridgehead atoms. The average Bonchev–Trinajstić information content (AvgIpc) is 2.91. The number of hydrogen-bond acceptors (Lipinski definition) is 4. The first-order chi connectivity index (χ1) is 11.9. The Bertz CT molecular complexity index is 771. The molecule has 6 nitrogen and oxygen atoms in total. The van der Waals surface area contributed by atoms with Crippen LogP contribution in [0.4, 0.5) is 0 Å². The number of nitrogens with zero attached hydrogens (tertiary/aromatic N) is 2. The van der Waals surface area contributed by atoms with Gasteiger partial charge in [-0.05, 0) is 57.1 Å². The molecule has 2 N–H and O–H groups in total. The minimum absolute atomic E-state index is 0. The monoisotopic (exact) mass is 378 g/mol. The molecule has 26 heavy (non-hydrogen) atoms. The fourth-order valence-corrected chi connectivity index (χ4v) is 4.38. The molecule has 0 radical (unpaired) electrons. The molecule has 2 atom stereocenters. The van der Waals surface area contributed by atoms with E-state index in [1.165, 1.54) is 12.8 Å². The van der Waals surface area contributed by atoms with E-state index in [0.717, 1.165) is 24.1 Å². The number of nitrogens with one attached hydrogen (secondary N) is 2. The fraction of sp³-hybridized carbons (Fsp3) is 0.632. The van der Waals surface area contributed by atoms with E-state index in [1.807, 2.05) is 24.9 Å². The molecule has 0 spiro atoms. The first-order valence-corrected chi connectivity index (χ1v) is 9.04. The maximum absolute atomic E-state index is 12.7. The summed E-state index contributed by atoms with van der Waals surface area (Å²) in [5.41, 5.74) is 2.14. The summed E-state index contributed by atoms with van der Waals surface area (Å²) in [6, 6.07) is 3.39. The van der Waals surface area contributed by atoms with Crippen LogP contribution in [0.3, 0.4) is 0 Å². The maximum Gasteiger partial charge on any atom is 0.266 e. The molecule has 3 heterocycles. The molecule has 1 amide bonds. The van der Waals surface area contributed by atoms with Crippen LogP contribution in [0.25, 0.3) is 0 Å². The molecular formula is C19H27ClN4O2. The number of halogens is 1. The molecule has 2 aliphatic rings. The zero-order valence-corrected chi connectivity index (χ0v) is 16.4. The van der Waals surface area contributed by atoms with Crippen LogP contribution in [0.1, 0.15) is 54.5 Å². The Morgan fingerprint density at radius 3 is 2.46 bits per heavy atom. The van der Waals surface area contributed by atoms with Gasteiger partial charge in [-0.15, -0.1) is 12.4 Å². The SMILES string of the molecule is Cc1[nH]c(=O)c(C#N)c(C)c1CCC(=O)N(C)C1CC2CCC(C1)N2.Cl. The number of nitriles is 1. The maximum atomic E-state index is 12.7. The topological polar surface area (TPSA) is 89.0 Å². The van der Waals surface area contributed by atoms with Crippen molar-refractivity contribution in [3.8, 4) is 6.07 Å². The lowest BCUT2D eigenvalue weighted by atomic mass is 9.96. The van der Waals surface area contributed by atoms with Crippen LogP contribution in [-0.4, -0.2) is 41.0 Å². The predicted molar refractivity (Wildman–Crippen MR) is 103 cm³/mol. The zero-order valence-electron chi connectivity index (χ0n) is 15.6. The van der Waals surface area contributed by atoms with Crippen molar-refractivity contribution in [1.82, 2.24) is 15.2 Å². The van der Waals surface area contributed by atoms with Crippen molar-refractivity contribution in [3.05, 3.63) is 32.7 Å². The summed E-state index contributed by atoms with van der Waals surface area (Å²) in [5, 5.41) is 12.8. The molecule has 0 aromatic carbocycles. The summed E-state index contributed by atoms with van der Waals surface area (Å²) in [6.07, 6.45) is 5.45. The molecule has 7 heteroatoms. The zero-order chi connectivity index (χ0) is 18.1. The first-order valence-electron chi connectivity index (χ1n) is 9.04. The molecule has 0 saturated carbocycles. The lowest BCUT2D eigenvalue weighted by molar-refractivity contribution is -0.132. The van der Waals surface area contributed by atoms with Crippen molar-refractivity contribution in [2.24, 2.45) is 0 Å². The van der Waals surface area contributed by atoms with Gasteiger partial charge in [0.15, 0.2) is 0 Å². The Kier molecular flexibility index (Phi) is 6.48. The number of fused-ring (bicyclic) bond motifs is 2. The number of pyridine rings is 1. The van der Waals surface area contributed by atoms with E-state index < -0.39 is 0 Å². The Labute approximate surface area is 160 Å². The summed E-state index contributed by atoms with van der Waals surface area (Å²) in [4.78, 5) is 29.1. The Balaban J connectivity index is 0.00000243. The van der Waals surface area contributed by atoms with Gasteiger partial charge in [0.2, 0.25) is 5.91 Å². The Hall–Kier alpha value is -1.84. The molecule has 2 aliphatic heterocycles. The van der Waals surface area contributed by atoms with Crippen LogP contribution in [-0.2, 0) is 11.2 Å². The largest absolute Gasteiger partial charge is 0.343 e. The number of aromatic nitrogens is 1. The third-order valence-electron chi connectivity index (χ3n) is 5.90. The van der Waals surface area contributed by atoms with Gasteiger partial charge in [0, 0.05) is 37.3 Å². The van der Waals surface area contributed by atoms with Gasteiger partial charge in [0.05, 0.1) is 0 Å². The first kappa shape index (κ1) is 20.5. The normalized spacial score (nSPS) is 23.8. The van der Waals surface area contributed by atoms with Gasteiger partial charge in [-0.3, -0.25) is 9.59 Å². The summed E-state index contributed by atoms with van der Waals surface area (Å²) < 4.78 is 0. The molecule has 142 valence electrons. The van der Waals surface area contributed by atoms with E-state index in [2.05, 4.69) is 10.3 Å². The number of amides is 1. The smallest absolute Gasteiger partial charge is 0.266 e. The molecular weight excluding hydrogens is 352 g/mol. The van der Waals surface area contributed by atoms with Crippen molar-refractivity contribution >= 4 is 18.3 Å². The van der Waals surface area contributed by atoms with E-state index in [0.29, 0.717) is 36.5 Å². The van der Waals surface area contributed by atoms with E-state index in [9.17, 15) is 9.59 Å².